The number of aromatic nitrogens is 3. The molecule has 0 aromatic carbocycles. The number of H-pyrrole nitrogens is 1. The molecule has 8 nitrogen and oxygen atoms in total. The summed E-state index contributed by atoms with van der Waals surface area (Å²) in [5.74, 6) is -1.68. The topological polar surface area (TPSA) is 98.3 Å². The Bertz CT molecular complexity index is 866. The Balaban J connectivity index is 1.91. The molecule has 1 aliphatic carbocycles. The number of pyridine rings is 1. The minimum atomic E-state index is -2.81. The Kier molecular flexibility index (Phi) is 4.78. The number of carbonyl (C=O) groups is 1. The van der Waals surface area contributed by atoms with Crippen LogP contribution in [0.25, 0.3) is 11.2 Å². The van der Waals surface area contributed by atoms with Crippen molar-refractivity contribution in [3.63, 3.8) is 0 Å². The molecule has 11 heteroatoms. The quantitative estimate of drug-likeness (QED) is 0.397. The lowest BCUT2D eigenvalue weighted by Gasteiger charge is -2.08. The van der Waals surface area contributed by atoms with Crippen LogP contribution in [0.15, 0.2) is 23.9 Å². The fraction of sp³-hybridized carbons (Fsp3) is 0.333. The average Bonchev–Trinajstić information content (AvgIpc) is 3.16. The molecule has 26 heavy (non-hydrogen) atoms. The van der Waals surface area contributed by atoms with Crippen LogP contribution in [0.3, 0.4) is 0 Å². The summed E-state index contributed by atoms with van der Waals surface area (Å²) < 4.78 is 38.8. The number of hydrogen-bond donors (Lipinski definition) is 3. The number of carbonyl (C=O) groups excluding carboxylic acids is 1. The molecule has 2 heterocycles. The molecule has 0 radical (unpaired) electrons. The van der Waals surface area contributed by atoms with Crippen molar-refractivity contribution in [3.05, 3.63) is 24.7 Å². The predicted octanol–water partition coefficient (Wildman–Crippen LogP) is 2.62. The number of rotatable bonds is 7. The molecule has 2 aromatic heterocycles. The van der Waals surface area contributed by atoms with E-state index in [0.717, 1.165) is 0 Å². The molecule has 1 fully saturated rings. The number of alkyl halides is 3. The second kappa shape index (κ2) is 7.02. The third kappa shape index (κ3) is 3.76. The van der Waals surface area contributed by atoms with Gasteiger partial charge in [-0.1, -0.05) is 6.58 Å². The Morgan fingerprint density at radius 1 is 1.54 bits per heavy atom. The van der Waals surface area contributed by atoms with E-state index in [1.54, 1.807) is 7.05 Å². The van der Waals surface area contributed by atoms with Gasteiger partial charge in [0.25, 0.3) is 6.43 Å². The predicted molar refractivity (Wildman–Crippen MR) is 90.6 cm³/mol. The molecule has 0 aliphatic heterocycles. The summed E-state index contributed by atoms with van der Waals surface area (Å²) in [7, 11) is 1.64. The lowest BCUT2D eigenvalue weighted by molar-refractivity contribution is -0.117. The van der Waals surface area contributed by atoms with Crippen LogP contribution in [-0.4, -0.2) is 45.4 Å². The third-order valence-corrected chi connectivity index (χ3v) is 3.70. The van der Waals surface area contributed by atoms with E-state index in [2.05, 4.69) is 37.3 Å². The lowest BCUT2D eigenvalue weighted by atomic mass is 10.3. The van der Waals surface area contributed by atoms with Crippen LogP contribution >= 0.6 is 0 Å². The molecule has 0 saturated heterocycles. The van der Waals surface area contributed by atoms with Crippen LogP contribution in [0.1, 0.15) is 18.7 Å². The normalized spacial score (nSPS) is 19.1. The number of nitrogens with one attached hydrogen (secondary N) is 3. The molecular formula is C15H16F3N7O. The molecule has 1 aliphatic rings. The molecule has 138 valence electrons. The first-order chi connectivity index (χ1) is 12.4. The van der Waals surface area contributed by atoms with E-state index in [4.69, 9.17) is 0 Å². The highest BCUT2D eigenvalue weighted by Gasteiger charge is 2.43. The van der Waals surface area contributed by atoms with Gasteiger partial charge in [-0.05, 0) is 6.42 Å². The molecule has 0 bridgehead atoms. The van der Waals surface area contributed by atoms with Gasteiger partial charge in [0.2, 0.25) is 5.91 Å². The monoisotopic (exact) mass is 367 g/mol. The Morgan fingerprint density at radius 2 is 2.27 bits per heavy atom. The van der Waals surface area contributed by atoms with Crippen LogP contribution in [0, 0.1) is 5.92 Å². The van der Waals surface area contributed by atoms with E-state index in [1.165, 1.54) is 23.6 Å². The van der Waals surface area contributed by atoms with E-state index < -0.39 is 30.2 Å². The number of nitrogens with zero attached hydrogens (tertiary/aromatic N) is 4. The lowest BCUT2D eigenvalue weighted by Crippen LogP contribution is -2.16. The number of aromatic amines is 1. The number of amides is 1. The second-order valence-electron chi connectivity index (χ2n) is 5.67. The van der Waals surface area contributed by atoms with Crippen molar-refractivity contribution in [1.29, 1.82) is 0 Å². The maximum atomic E-state index is 13.0. The highest BCUT2D eigenvalue weighted by atomic mass is 19.3. The number of imidazole rings is 1. The molecule has 1 amide bonds. The van der Waals surface area contributed by atoms with Crippen LogP contribution in [0.4, 0.5) is 24.7 Å². The van der Waals surface area contributed by atoms with Crippen molar-refractivity contribution in [1.82, 2.24) is 20.0 Å². The minimum Gasteiger partial charge on any atom is -0.343 e. The van der Waals surface area contributed by atoms with Gasteiger partial charge in [0.1, 0.15) is 23.8 Å². The van der Waals surface area contributed by atoms with Gasteiger partial charge in [0.05, 0.1) is 11.6 Å². The Morgan fingerprint density at radius 3 is 2.88 bits per heavy atom. The average molecular weight is 367 g/mol. The summed E-state index contributed by atoms with van der Waals surface area (Å²) in [6.45, 7) is 3.53. The third-order valence-electron chi connectivity index (χ3n) is 3.70. The van der Waals surface area contributed by atoms with Gasteiger partial charge in [-0.25, -0.2) is 23.1 Å². The minimum absolute atomic E-state index is 0.0543. The van der Waals surface area contributed by atoms with Crippen molar-refractivity contribution in [3.8, 4) is 0 Å². The van der Waals surface area contributed by atoms with E-state index in [-0.39, 0.29) is 23.4 Å². The Hall–Kier alpha value is -3.11. The highest BCUT2D eigenvalue weighted by Crippen LogP contribution is 2.35. The van der Waals surface area contributed by atoms with Crippen molar-refractivity contribution >= 4 is 34.9 Å². The standard InChI is InChI=1S/C15H16F3N7O/c1-3-25(2)20-6-19-9-5-10(22-15(26)7-4-8(7)16)21-13-11(9)23-14(24-13)12(17)18/h3,5-8,12H,1,4H2,2H3,(H3,19,20,21,22,23,24,26). The van der Waals surface area contributed by atoms with E-state index in [0.29, 0.717) is 5.69 Å². The van der Waals surface area contributed by atoms with E-state index in [1.807, 2.05) is 0 Å². The van der Waals surface area contributed by atoms with Crippen molar-refractivity contribution in [2.75, 3.05) is 17.7 Å². The first-order valence-corrected chi connectivity index (χ1v) is 7.67. The maximum Gasteiger partial charge on any atom is 0.295 e. The molecule has 3 rings (SSSR count). The van der Waals surface area contributed by atoms with Crippen molar-refractivity contribution < 1.29 is 18.0 Å². The maximum absolute atomic E-state index is 13.0. The van der Waals surface area contributed by atoms with Gasteiger partial charge < -0.3 is 15.6 Å². The molecule has 2 aromatic rings. The van der Waals surface area contributed by atoms with Gasteiger partial charge in [-0.15, -0.1) is 0 Å². The van der Waals surface area contributed by atoms with Crippen LogP contribution in [-0.2, 0) is 4.79 Å². The Labute approximate surface area is 146 Å². The van der Waals surface area contributed by atoms with Crippen LogP contribution in [0.5, 0.6) is 0 Å². The molecule has 0 spiro atoms. The zero-order valence-corrected chi connectivity index (χ0v) is 13.7. The summed E-state index contributed by atoms with van der Waals surface area (Å²) in [5, 5.41) is 10.7. The summed E-state index contributed by atoms with van der Waals surface area (Å²) in [6.07, 6.45) is -1.04. The van der Waals surface area contributed by atoms with Gasteiger partial charge in [0.15, 0.2) is 11.5 Å². The molecule has 3 N–H and O–H groups in total. The molecular weight excluding hydrogens is 351 g/mol. The second-order valence-corrected chi connectivity index (χ2v) is 5.67. The number of halogens is 3. The van der Waals surface area contributed by atoms with E-state index >= 15 is 0 Å². The fourth-order valence-corrected chi connectivity index (χ4v) is 2.18. The van der Waals surface area contributed by atoms with Crippen molar-refractivity contribution in [2.24, 2.45) is 11.0 Å². The number of anilines is 2. The van der Waals surface area contributed by atoms with Gasteiger partial charge in [0, 0.05) is 19.3 Å². The number of hydrogen-bond acceptors (Lipinski definition) is 5. The van der Waals surface area contributed by atoms with Gasteiger partial charge >= 0.3 is 0 Å². The summed E-state index contributed by atoms with van der Waals surface area (Å²) >= 11 is 0. The number of hydrazone groups is 1. The zero-order valence-electron chi connectivity index (χ0n) is 13.7. The van der Waals surface area contributed by atoms with E-state index in [9.17, 15) is 18.0 Å². The molecule has 1 saturated carbocycles. The van der Waals surface area contributed by atoms with Crippen LogP contribution < -0.4 is 10.6 Å². The summed E-state index contributed by atoms with van der Waals surface area (Å²) in [6, 6.07) is 1.41. The van der Waals surface area contributed by atoms with Crippen LogP contribution in [0.2, 0.25) is 0 Å². The van der Waals surface area contributed by atoms with Crippen molar-refractivity contribution in [2.45, 2.75) is 19.0 Å². The summed E-state index contributed by atoms with van der Waals surface area (Å²) in [5.41, 5.74) is 0.502. The fourth-order valence-electron chi connectivity index (χ4n) is 2.18. The highest BCUT2D eigenvalue weighted by molar-refractivity contribution is 5.98. The SMILES string of the molecule is C=CN(C)/N=C\Nc1cc(NC(=O)C2CC2F)nc2[nH]c(C(F)F)nc12. The first kappa shape index (κ1) is 17.7. The largest absolute Gasteiger partial charge is 0.343 e. The zero-order chi connectivity index (χ0) is 18.8. The van der Waals surface area contributed by atoms with Gasteiger partial charge in [-0.3, -0.25) is 9.80 Å². The number of fused-ring (bicyclic) bond motifs is 1. The smallest absolute Gasteiger partial charge is 0.295 e. The van der Waals surface area contributed by atoms with Gasteiger partial charge in [-0.2, -0.15) is 5.10 Å². The molecule has 2 atom stereocenters. The molecule has 2 unspecified atom stereocenters. The summed E-state index contributed by atoms with van der Waals surface area (Å²) in [4.78, 5) is 22.2. The first-order valence-electron chi connectivity index (χ1n) is 7.67.